The molecule has 1 aliphatic carbocycles. The van der Waals surface area contributed by atoms with Gasteiger partial charge >= 0.3 is 6.03 Å². The van der Waals surface area contributed by atoms with Crippen LogP contribution in [0.15, 0.2) is 30.3 Å². The highest BCUT2D eigenvalue weighted by atomic mass is 16.5. The molecule has 5 heteroatoms. The lowest BCUT2D eigenvalue weighted by molar-refractivity contribution is -0.129. The highest BCUT2D eigenvalue weighted by molar-refractivity contribution is 6.07. The van der Waals surface area contributed by atoms with Crippen LogP contribution in [0.3, 0.4) is 0 Å². The molecule has 1 saturated heterocycles. The summed E-state index contributed by atoms with van der Waals surface area (Å²) in [5.41, 5.74) is 0.209. The third-order valence-corrected chi connectivity index (χ3v) is 3.85. The maximum Gasteiger partial charge on any atom is 0.322 e. The predicted molar refractivity (Wildman–Crippen MR) is 68.3 cm³/mol. The molecular weight excluding hydrogens is 244 g/mol. The molecule has 2 N–H and O–H groups in total. The van der Waals surface area contributed by atoms with E-state index < -0.39 is 11.6 Å². The second-order valence-electron chi connectivity index (χ2n) is 5.06. The zero-order valence-electron chi connectivity index (χ0n) is 10.5. The monoisotopic (exact) mass is 260 g/mol. The van der Waals surface area contributed by atoms with Crippen LogP contribution in [0.2, 0.25) is 0 Å². The highest BCUT2D eigenvalue weighted by Gasteiger charge is 2.55. The normalized spacial score (nSPS) is 29.6. The van der Waals surface area contributed by atoms with Gasteiger partial charge in [0.25, 0.3) is 5.91 Å². The van der Waals surface area contributed by atoms with Gasteiger partial charge in [-0.3, -0.25) is 10.1 Å². The SMILES string of the molecule is O=C1NC(=O)[C@@]2(CCC[C@@H]2OCc2ccccc2)N1. The number of urea groups is 1. The van der Waals surface area contributed by atoms with E-state index in [1.165, 1.54) is 0 Å². The molecule has 0 unspecified atom stereocenters. The summed E-state index contributed by atoms with van der Waals surface area (Å²) in [5, 5.41) is 5.05. The van der Waals surface area contributed by atoms with Crippen LogP contribution >= 0.6 is 0 Å². The molecule has 3 amide bonds. The number of ether oxygens (including phenoxy) is 1. The Morgan fingerprint density at radius 1 is 1.26 bits per heavy atom. The van der Waals surface area contributed by atoms with Crippen LogP contribution in [0.5, 0.6) is 0 Å². The minimum atomic E-state index is -0.855. The number of imide groups is 1. The lowest BCUT2D eigenvalue weighted by atomic mass is 9.95. The Morgan fingerprint density at radius 3 is 2.74 bits per heavy atom. The maximum atomic E-state index is 12.0. The molecule has 2 fully saturated rings. The zero-order valence-corrected chi connectivity index (χ0v) is 10.5. The summed E-state index contributed by atoms with van der Waals surface area (Å²) in [6.45, 7) is 0.455. The van der Waals surface area contributed by atoms with Crippen LogP contribution in [0.25, 0.3) is 0 Å². The van der Waals surface area contributed by atoms with Crippen molar-refractivity contribution < 1.29 is 14.3 Å². The van der Waals surface area contributed by atoms with E-state index in [-0.39, 0.29) is 12.0 Å². The summed E-state index contributed by atoms with van der Waals surface area (Å²) in [6.07, 6.45) is 2.07. The van der Waals surface area contributed by atoms with Crippen LogP contribution in [0.4, 0.5) is 4.79 Å². The first-order chi connectivity index (χ1) is 9.21. The molecule has 1 heterocycles. The Balaban J connectivity index is 1.71. The van der Waals surface area contributed by atoms with Gasteiger partial charge in [-0.25, -0.2) is 4.79 Å². The second kappa shape index (κ2) is 4.66. The van der Waals surface area contributed by atoms with Crippen molar-refractivity contribution in [2.24, 2.45) is 0 Å². The Hall–Kier alpha value is -1.88. The van der Waals surface area contributed by atoms with Crippen molar-refractivity contribution in [2.75, 3.05) is 0 Å². The van der Waals surface area contributed by atoms with Gasteiger partial charge in [-0.1, -0.05) is 30.3 Å². The van der Waals surface area contributed by atoms with Gasteiger partial charge in [0.05, 0.1) is 12.7 Å². The van der Waals surface area contributed by atoms with E-state index in [4.69, 9.17) is 4.74 Å². The van der Waals surface area contributed by atoms with Gasteiger partial charge in [0, 0.05) is 0 Å². The molecular formula is C14H16N2O3. The number of carbonyl (C=O) groups excluding carboxylic acids is 2. The number of hydrogen-bond donors (Lipinski definition) is 2. The minimum Gasteiger partial charge on any atom is -0.371 e. The smallest absolute Gasteiger partial charge is 0.322 e. The second-order valence-corrected chi connectivity index (χ2v) is 5.06. The number of carbonyl (C=O) groups is 2. The summed E-state index contributed by atoms with van der Waals surface area (Å²) in [5.74, 6) is -0.256. The third-order valence-electron chi connectivity index (χ3n) is 3.85. The molecule has 2 aliphatic rings. The zero-order chi connectivity index (χ0) is 13.3. The Bertz CT molecular complexity index is 503. The number of amides is 3. The third kappa shape index (κ3) is 2.10. The fraction of sp³-hybridized carbons (Fsp3) is 0.429. The van der Waals surface area contributed by atoms with Gasteiger partial charge < -0.3 is 10.1 Å². The van der Waals surface area contributed by atoms with Gasteiger partial charge in [-0.05, 0) is 24.8 Å². The molecule has 1 aromatic rings. The Labute approximate surface area is 111 Å². The minimum absolute atomic E-state index is 0.251. The largest absolute Gasteiger partial charge is 0.371 e. The van der Waals surface area contributed by atoms with E-state index in [1.807, 2.05) is 30.3 Å². The maximum absolute atomic E-state index is 12.0. The molecule has 0 radical (unpaired) electrons. The summed E-state index contributed by atoms with van der Waals surface area (Å²) in [6, 6.07) is 9.40. The van der Waals surface area contributed by atoms with Crippen molar-refractivity contribution in [3.63, 3.8) is 0 Å². The summed E-state index contributed by atoms with van der Waals surface area (Å²) >= 11 is 0. The van der Waals surface area contributed by atoms with E-state index in [9.17, 15) is 9.59 Å². The molecule has 1 spiro atoms. The first-order valence-corrected chi connectivity index (χ1v) is 6.50. The Morgan fingerprint density at radius 2 is 2.05 bits per heavy atom. The van der Waals surface area contributed by atoms with Crippen molar-refractivity contribution in [1.29, 1.82) is 0 Å². The summed E-state index contributed by atoms with van der Waals surface area (Å²) in [4.78, 5) is 23.3. The van der Waals surface area contributed by atoms with Gasteiger partial charge in [0.1, 0.15) is 5.54 Å². The fourth-order valence-electron chi connectivity index (χ4n) is 2.88. The molecule has 0 aromatic heterocycles. The summed E-state index contributed by atoms with van der Waals surface area (Å²) < 4.78 is 5.87. The van der Waals surface area contributed by atoms with Crippen LogP contribution in [-0.2, 0) is 16.1 Å². The van der Waals surface area contributed by atoms with Crippen molar-refractivity contribution in [2.45, 2.75) is 37.5 Å². The first kappa shape index (κ1) is 12.2. The first-order valence-electron chi connectivity index (χ1n) is 6.50. The molecule has 3 rings (SSSR count). The number of nitrogens with one attached hydrogen (secondary N) is 2. The number of hydrogen-bond acceptors (Lipinski definition) is 3. The molecule has 1 aliphatic heterocycles. The van der Waals surface area contributed by atoms with E-state index in [0.29, 0.717) is 13.0 Å². The van der Waals surface area contributed by atoms with E-state index >= 15 is 0 Å². The topological polar surface area (TPSA) is 67.4 Å². The molecule has 5 nitrogen and oxygen atoms in total. The van der Waals surface area contributed by atoms with Crippen molar-refractivity contribution in [3.8, 4) is 0 Å². The van der Waals surface area contributed by atoms with Crippen molar-refractivity contribution in [1.82, 2.24) is 10.6 Å². The predicted octanol–water partition coefficient (Wildman–Crippen LogP) is 1.33. The standard InChI is InChI=1S/C14H16N2O3/c17-12-14(16-13(18)15-12)8-4-7-11(14)19-9-10-5-2-1-3-6-10/h1-3,5-6,11H,4,7-9H2,(H2,15,16,17,18)/t11-,14-/m0/s1. The molecule has 19 heavy (non-hydrogen) atoms. The Kier molecular flexibility index (Phi) is 2.98. The number of rotatable bonds is 3. The molecule has 1 saturated carbocycles. The average molecular weight is 260 g/mol. The highest BCUT2D eigenvalue weighted by Crippen LogP contribution is 2.35. The lowest BCUT2D eigenvalue weighted by Crippen LogP contribution is -2.53. The fourth-order valence-corrected chi connectivity index (χ4v) is 2.88. The quantitative estimate of drug-likeness (QED) is 0.806. The van der Waals surface area contributed by atoms with Crippen LogP contribution in [0.1, 0.15) is 24.8 Å². The van der Waals surface area contributed by atoms with Crippen molar-refractivity contribution in [3.05, 3.63) is 35.9 Å². The van der Waals surface area contributed by atoms with Crippen LogP contribution in [0, 0.1) is 0 Å². The van der Waals surface area contributed by atoms with Gasteiger partial charge in [-0.15, -0.1) is 0 Å². The lowest BCUT2D eigenvalue weighted by Gasteiger charge is -2.28. The van der Waals surface area contributed by atoms with Crippen LogP contribution in [-0.4, -0.2) is 23.6 Å². The van der Waals surface area contributed by atoms with Gasteiger partial charge in [0.15, 0.2) is 0 Å². The average Bonchev–Trinajstić information content (AvgIpc) is 2.93. The van der Waals surface area contributed by atoms with E-state index in [0.717, 1.165) is 18.4 Å². The molecule has 100 valence electrons. The van der Waals surface area contributed by atoms with Crippen molar-refractivity contribution >= 4 is 11.9 Å². The van der Waals surface area contributed by atoms with E-state index in [1.54, 1.807) is 0 Å². The molecule has 1 aromatic carbocycles. The van der Waals surface area contributed by atoms with Crippen LogP contribution < -0.4 is 10.6 Å². The van der Waals surface area contributed by atoms with Gasteiger partial charge in [-0.2, -0.15) is 0 Å². The van der Waals surface area contributed by atoms with Gasteiger partial charge in [0.2, 0.25) is 0 Å². The van der Waals surface area contributed by atoms with E-state index in [2.05, 4.69) is 10.6 Å². The molecule has 2 atom stereocenters. The number of benzene rings is 1. The molecule has 0 bridgehead atoms. The summed E-state index contributed by atoms with van der Waals surface area (Å²) in [7, 11) is 0.